The predicted molar refractivity (Wildman–Crippen MR) is 79.9 cm³/mol. The number of nitrogen functional groups attached to an aromatic ring is 1. The second kappa shape index (κ2) is 5.86. The molecule has 0 fully saturated rings. The zero-order valence-corrected chi connectivity index (χ0v) is 11.6. The minimum Gasteiger partial charge on any atom is -0.488 e. The summed E-state index contributed by atoms with van der Waals surface area (Å²) in [6.45, 7) is 1.11. The number of nitrogens with two attached hydrogens (primary N) is 1. The van der Waals surface area contributed by atoms with E-state index in [0.29, 0.717) is 30.2 Å². The van der Waals surface area contributed by atoms with Crippen LogP contribution in [0.25, 0.3) is 0 Å². The molecule has 4 nitrogen and oxygen atoms in total. The first-order valence-electron chi connectivity index (χ1n) is 6.90. The molecule has 1 heterocycles. The lowest BCUT2D eigenvalue weighted by Gasteiger charge is -2.26. The first kappa shape index (κ1) is 13.5. The number of hydrogen-bond donors (Lipinski definition) is 1. The highest BCUT2D eigenvalue weighted by molar-refractivity contribution is 5.56. The van der Waals surface area contributed by atoms with E-state index < -0.39 is 0 Å². The van der Waals surface area contributed by atoms with Gasteiger partial charge >= 0.3 is 0 Å². The van der Waals surface area contributed by atoms with E-state index in [2.05, 4.69) is 18.2 Å². The molecule has 0 aliphatic carbocycles. The van der Waals surface area contributed by atoms with Crippen LogP contribution in [-0.4, -0.2) is 13.2 Å². The average Bonchev–Trinajstić information content (AvgIpc) is 2.53. The van der Waals surface area contributed by atoms with E-state index in [9.17, 15) is 0 Å². The molecule has 106 valence electrons. The third kappa shape index (κ3) is 2.83. The topological polar surface area (TPSA) is 68.3 Å². The van der Waals surface area contributed by atoms with Gasteiger partial charge in [-0.05, 0) is 35.7 Å². The Balaban J connectivity index is 1.73. The Labute approximate surface area is 123 Å². The van der Waals surface area contributed by atoms with E-state index in [4.69, 9.17) is 20.5 Å². The summed E-state index contributed by atoms with van der Waals surface area (Å²) in [5, 5.41) is 8.83. The average molecular weight is 280 g/mol. The molecule has 0 bridgehead atoms. The number of nitrogens with zero attached hydrogens (tertiary/aromatic N) is 1. The van der Waals surface area contributed by atoms with Crippen molar-refractivity contribution in [1.29, 1.82) is 5.26 Å². The number of nitriles is 1. The van der Waals surface area contributed by atoms with Gasteiger partial charge in [0.05, 0.1) is 23.9 Å². The first-order chi connectivity index (χ1) is 10.3. The Hall–Kier alpha value is -2.51. The normalized spacial score (nSPS) is 16.8. The van der Waals surface area contributed by atoms with Crippen LogP contribution in [0.5, 0.6) is 5.75 Å². The zero-order chi connectivity index (χ0) is 14.7. The van der Waals surface area contributed by atoms with Crippen molar-refractivity contribution in [2.75, 3.05) is 18.9 Å². The summed E-state index contributed by atoms with van der Waals surface area (Å²) in [6, 6.07) is 15.3. The van der Waals surface area contributed by atoms with E-state index >= 15 is 0 Å². The maximum absolute atomic E-state index is 8.83. The van der Waals surface area contributed by atoms with Gasteiger partial charge in [-0.15, -0.1) is 0 Å². The number of anilines is 1. The molecule has 0 aromatic heterocycles. The lowest BCUT2D eigenvalue weighted by molar-refractivity contribution is 0.0104. The van der Waals surface area contributed by atoms with Crippen molar-refractivity contribution in [2.24, 2.45) is 0 Å². The van der Waals surface area contributed by atoms with Gasteiger partial charge in [0.2, 0.25) is 0 Å². The summed E-state index contributed by atoms with van der Waals surface area (Å²) < 4.78 is 11.6. The summed E-state index contributed by atoms with van der Waals surface area (Å²) in [5.41, 5.74) is 9.37. The molecule has 2 aromatic rings. The molecule has 3 rings (SSSR count). The lowest BCUT2D eigenvalue weighted by atomic mass is 9.98. The fraction of sp³-hybridized carbons (Fsp3) is 0.235. The van der Waals surface area contributed by atoms with Crippen LogP contribution in [0.15, 0.2) is 42.5 Å². The second-order valence-electron chi connectivity index (χ2n) is 4.98. The van der Waals surface area contributed by atoms with Crippen molar-refractivity contribution >= 4 is 5.69 Å². The maximum Gasteiger partial charge on any atom is 0.142 e. The number of fused-ring (bicyclic) bond motifs is 1. The lowest BCUT2D eigenvalue weighted by Crippen LogP contribution is -2.21. The van der Waals surface area contributed by atoms with Crippen LogP contribution in [0.1, 0.15) is 22.8 Å². The fourth-order valence-corrected chi connectivity index (χ4v) is 2.53. The minimum absolute atomic E-state index is 0.0787. The third-order valence-corrected chi connectivity index (χ3v) is 3.62. The Bertz CT molecular complexity index is 691. The van der Waals surface area contributed by atoms with Gasteiger partial charge in [0, 0.05) is 0 Å². The molecule has 21 heavy (non-hydrogen) atoms. The van der Waals surface area contributed by atoms with E-state index in [-0.39, 0.29) is 6.10 Å². The van der Waals surface area contributed by atoms with Crippen LogP contribution in [0.4, 0.5) is 5.69 Å². The van der Waals surface area contributed by atoms with Gasteiger partial charge in [0.25, 0.3) is 0 Å². The van der Waals surface area contributed by atoms with Gasteiger partial charge in [-0.25, -0.2) is 0 Å². The van der Waals surface area contributed by atoms with E-state index in [1.54, 1.807) is 18.2 Å². The number of rotatable bonds is 3. The van der Waals surface area contributed by atoms with Crippen molar-refractivity contribution in [1.82, 2.24) is 0 Å². The van der Waals surface area contributed by atoms with Gasteiger partial charge in [-0.2, -0.15) is 5.26 Å². The van der Waals surface area contributed by atoms with Crippen molar-refractivity contribution in [3.05, 3.63) is 59.2 Å². The van der Waals surface area contributed by atoms with Crippen LogP contribution in [-0.2, 0) is 11.2 Å². The zero-order valence-electron chi connectivity index (χ0n) is 11.6. The molecule has 0 saturated carbocycles. The molecular formula is C17H16N2O2. The summed E-state index contributed by atoms with van der Waals surface area (Å²) in [4.78, 5) is 0. The molecule has 0 radical (unpaired) electrons. The van der Waals surface area contributed by atoms with Gasteiger partial charge in [-0.3, -0.25) is 0 Å². The SMILES string of the molecule is N#Cc1ccc(OCC2OCCc3ccccc32)c(N)c1. The van der Waals surface area contributed by atoms with Crippen molar-refractivity contribution in [2.45, 2.75) is 12.5 Å². The summed E-state index contributed by atoms with van der Waals surface area (Å²) in [5.74, 6) is 0.584. The standard InChI is InChI=1S/C17H16N2O2/c18-10-12-5-6-16(15(19)9-12)21-11-17-14-4-2-1-3-13(14)7-8-20-17/h1-6,9,17H,7-8,11,19H2. The molecule has 2 N–H and O–H groups in total. The number of benzene rings is 2. The molecule has 4 heteroatoms. The van der Waals surface area contributed by atoms with Gasteiger partial charge in [0.1, 0.15) is 18.5 Å². The monoisotopic (exact) mass is 280 g/mol. The summed E-state index contributed by atoms with van der Waals surface area (Å²) in [6.07, 6.45) is 0.857. The quantitative estimate of drug-likeness (QED) is 0.878. The molecule has 0 spiro atoms. The molecule has 0 saturated heterocycles. The van der Waals surface area contributed by atoms with Crippen LogP contribution in [0.2, 0.25) is 0 Å². The van der Waals surface area contributed by atoms with E-state index in [1.807, 2.05) is 12.1 Å². The number of ether oxygens (including phenoxy) is 2. The first-order valence-corrected chi connectivity index (χ1v) is 6.90. The third-order valence-electron chi connectivity index (χ3n) is 3.62. The molecule has 1 aliphatic rings. The Morgan fingerprint density at radius 1 is 1.29 bits per heavy atom. The van der Waals surface area contributed by atoms with Crippen LogP contribution in [0.3, 0.4) is 0 Å². The Kier molecular flexibility index (Phi) is 3.76. The smallest absolute Gasteiger partial charge is 0.142 e. The summed E-state index contributed by atoms with van der Waals surface area (Å²) >= 11 is 0. The van der Waals surface area contributed by atoms with Gasteiger partial charge < -0.3 is 15.2 Å². The maximum atomic E-state index is 8.83. The highest BCUT2D eigenvalue weighted by atomic mass is 16.5. The number of hydrogen-bond acceptors (Lipinski definition) is 4. The predicted octanol–water partition coefficient (Wildman–Crippen LogP) is 2.83. The van der Waals surface area contributed by atoms with Crippen molar-refractivity contribution in [3.8, 4) is 11.8 Å². The van der Waals surface area contributed by atoms with Crippen LogP contribution in [0, 0.1) is 11.3 Å². The molecule has 0 amide bonds. The molecule has 1 atom stereocenters. The molecular weight excluding hydrogens is 264 g/mol. The largest absolute Gasteiger partial charge is 0.488 e. The summed E-state index contributed by atoms with van der Waals surface area (Å²) in [7, 11) is 0. The highest BCUT2D eigenvalue weighted by Crippen LogP contribution is 2.29. The van der Waals surface area contributed by atoms with Crippen molar-refractivity contribution in [3.63, 3.8) is 0 Å². The van der Waals surface area contributed by atoms with Crippen LogP contribution >= 0.6 is 0 Å². The van der Waals surface area contributed by atoms with Crippen LogP contribution < -0.4 is 10.5 Å². The van der Waals surface area contributed by atoms with E-state index in [0.717, 1.165) is 6.42 Å². The second-order valence-corrected chi connectivity index (χ2v) is 4.98. The van der Waals surface area contributed by atoms with E-state index in [1.165, 1.54) is 11.1 Å². The Morgan fingerprint density at radius 3 is 2.95 bits per heavy atom. The highest BCUT2D eigenvalue weighted by Gasteiger charge is 2.21. The molecule has 2 aromatic carbocycles. The minimum atomic E-state index is -0.0787. The van der Waals surface area contributed by atoms with Gasteiger partial charge in [-0.1, -0.05) is 24.3 Å². The molecule has 1 aliphatic heterocycles. The van der Waals surface area contributed by atoms with Crippen molar-refractivity contribution < 1.29 is 9.47 Å². The fourth-order valence-electron chi connectivity index (χ4n) is 2.53. The molecule has 1 unspecified atom stereocenters. The Morgan fingerprint density at radius 2 is 2.14 bits per heavy atom. The van der Waals surface area contributed by atoms with Gasteiger partial charge in [0.15, 0.2) is 0 Å².